The number of nitrogens with two attached hydrogens (primary N) is 1. The van der Waals surface area contributed by atoms with E-state index in [0.29, 0.717) is 6.42 Å². The number of carbonyl (C=O) groups is 1. The molecule has 0 saturated carbocycles. The van der Waals surface area contributed by atoms with Gasteiger partial charge in [0.05, 0.1) is 5.56 Å². The molecule has 0 radical (unpaired) electrons. The summed E-state index contributed by atoms with van der Waals surface area (Å²) < 4.78 is 12.9. The van der Waals surface area contributed by atoms with Crippen LogP contribution >= 0.6 is 0 Å². The van der Waals surface area contributed by atoms with E-state index in [4.69, 9.17) is 10.8 Å². The van der Waals surface area contributed by atoms with E-state index in [9.17, 15) is 9.18 Å². The van der Waals surface area contributed by atoms with Gasteiger partial charge >= 0.3 is 5.97 Å². The van der Waals surface area contributed by atoms with E-state index < -0.39 is 11.8 Å². The lowest BCUT2D eigenvalue weighted by atomic mass is 10.0. The maximum atomic E-state index is 12.9. The predicted molar refractivity (Wildman–Crippen MR) is 50.7 cm³/mol. The standard InChI is InChI=1S/C10H12FNO2/c1-6(12)4-7-2-3-9(11)8(5-7)10(13)14/h2-3,5-6H,4,12H2,1H3,(H,13,14)/t6-/m1/s1. The third-order valence-corrected chi connectivity index (χ3v) is 1.82. The second-order valence-electron chi connectivity index (χ2n) is 3.30. The monoisotopic (exact) mass is 197 g/mol. The average molecular weight is 197 g/mol. The molecule has 3 nitrogen and oxygen atoms in total. The largest absolute Gasteiger partial charge is 0.478 e. The Labute approximate surface area is 81.4 Å². The highest BCUT2D eigenvalue weighted by atomic mass is 19.1. The molecule has 3 N–H and O–H groups in total. The molecule has 14 heavy (non-hydrogen) atoms. The topological polar surface area (TPSA) is 63.3 Å². The molecular formula is C10H12FNO2. The maximum absolute atomic E-state index is 12.9. The summed E-state index contributed by atoms with van der Waals surface area (Å²) >= 11 is 0. The molecule has 0 aliphatic heterocycles. The van der Waals surface area contributed by atoms with E-state index in [1.54, 1.807) is 6.07 Å². The van der Waals surface area contributed by atoms with E-state index in [1.165, 1.54) is 6.07 Å². The molecule has 1 aromatic carbocycles. The van der Waals surface area contributed by atoms with Crippen molar-refractivity contribution in [3.8, 4) is 0 Å². The van der Waals surface area contributed by atoms with Crippen molar-refractivity contribution in [2.24, 2.45) is 5.73 Å². The molecule has 0 fully saturated rings. The van der Waals surface area contributed by atoms with Crippen molar-refractivity contribution in [1.82, 2.24) is 0 Å². The molecule has 0 saturated heterocycles. The molecule has 0 bridgehead atoms. The normalized spacial score (nSPS) is 12.5. The summed E-state index contributed by atoms with van der Waals surface area (Å²) in [5, 5.41) is 8.65. The molecular weight excluding hydrogens is 185 g/mol. The van der Waals surface area contributed by atoms with E-state index in [-0.39, 0.29) is 11.6 Å². The van der Waals surface area contributed by atoms with Crippen LogP contribution < -0.4 is 5.73 Å². The summed E-state index contributed by atoms with van der Waals surface area (Å²) in [7, 11) is 0. The number of hydrogen-bond donors (Lipinski definition) is 2. The van der Waals surface area contributed by atoms with Crippen LogP contribution in [0.3, 0.4) is 0 Å². The van der Waals surface area contributed by atoms with Gasteiger partial charge in [-0.3, -0.25) is 0 Å². The molecule has 0 aliphatic carbocycles. The van der Waals surface area contributed by atoms with Crippen LogP contribution in [-0.4, -0.2) is 17.1 Å². The van der Waals surface area contributed by atoms with E-state index in [0.717, 1.165) is 11.6 Å². The number of aromatic carboxylic acids is 1. The highest BCUT2D eigenvalue weighted by Crippen LogP contribution is 2.11. The van der Waals surface area contributed by atoms with E-state index >= 15 is 0 Å². The van der Waals surface area contributed by atoms with Crippen molar-refractivity contribution in [2.75, 3.05) is 0 Å². The van der Waals surface area contributed by atoms with Crippen molar-refractivity contribution < 1.29 is 14.3 Å². The first-order valence-electron chi connectivity index (χ1n) is 4.28. The molecule has 1 aromatic rings. The second-order valence-corrected chi connectivity index (χ2v) is 3.30. The first kappa shape index (κ1) is 10.7. The third kappa shape index (κ3) is 2.53. The summed E-state index contributed by atoms with van der Waals surface area (Å²) in [6.45, 7) is 1.81. The molecule has 0 heterocycles. The molecule has 0 amide bonds. The second kappa shape index (κ2) is 4.19. The molecule has 0 spiro atoms. The van der Waals surface area contributed by atoms with Crippen molar-refractivity contribution in [3.63, 3.8) is 0 Å². The smallest absolute Gasteiger partial charge is 0.338 e. The zero-order valence-corrected chi connectivity index (χ0v) is 7.83. The molecule has 0 aromatic heterocycles. The Morgan fingerprint density at radius 1 is 1.64 bits per heavy atom. The zero-order valence-electron chi connectivity index (χ0n) is 7.83. The molecule has 0 aliphatic rings. The number of halogens is 1. The van der Waals surface area contributed by atoms with Crippen LogP contribution in [0.4, 0.5) is 4.39 Å². The SMILES string of the molecule is C[C@@H](N)Cc1ccc(F)c(C(=O)O)c1. The van der Waals surface area contributed by atoms with Crippen molar-refractivity contribution >= 4 is 5.97 Å². The van der Waals surface area contributed by atoms with Crippen LogP contribution in [-0.2, 0) is 6.42 Å². The first-order chi connectivity index (χ1) is 6.50. The molecule has 76 valence electrons. The van der Waals surface area contributed by atoms with Crippen LogP contribution in [0.25, 0.3) is 0 Å². The number of benzene rings is 1. The number of rotatable bonds is 3. The van der Waals surface area contributed by atoms with Crippen LogP contribution in [0.5, 0.6) is 0 Å². The van der Waals surface area contributed by atoms with Gasteiger partial charge in [0.15, 0.2) is 0 Å². The summed E-state index contributed by atoms with van der Waals surface area (Å²) in [5.74, 6) is -1.97. The van der Waals surface area contributed by atoms with Gasteiger partial charge in [-0.05, 0) is 31.0 Å². The van der Waals surface area contributed by atoms with Gasteiger partial charge in [-0.2, -0.15) is 0 Å². The Kier molecular flexibility index (Phi) is 3.19. The van der Waals surface area contributed by atoms with Crippen molar-refractivity contribution in [3.05, 3.63) is 35.1 Å². The summed E-state index contributed by atoms with van der Waals surface area (Å²) in [6, 6.07) is 3.95. The lowest BCUT2D eigenvalue weighted by molar-refractivity contribution is 0.0691. The van der Waals surface area contributed by atoms with Gasteiger partial charge in [-0.1, -0.05) is 6.07 Å². The fourth-order valence-electron chi connectivity index (χ4n) is 1.24. The minimum absolute atomic E-state index is 0.0675. The van der Waals surface area contributed by atoms with Crippen molar-refractivity contribution in [2.45, 2.75) is 19.4 Å². The first-order valence-corrected chi connectivity index (χ1v) is 4.28. The Hall–Kier alpha value is -1.42. The Balaban J connectivity index is 3.00. The predicted octanol–water partition coefficient (Wildman–Crippen LogP) is 1.41. The number of hydrogen-bond acceptors (Lipinski definition) is 2. The molecule has 1 rings (SSSR count). The van der Waals surface area contributed by atoms with Crippen LogP contribution in [0, 0.1) is 5.82 Å². The zero-order chi connectivity index (χ0) is 10.7. The fraction of sp³-hybridized carbons (Fsp3) is 0.300. The van der Waals surface area contributed by atoms with E-state index in [2.05, 4.69) is 0 Å². The minimum Gasteiger partial charge on any atom is -0.478 e. The lowest BCUT2D eigenvalue weighted by Crippen LogP contribution is -2.18. The summed E-state index contributed by atoms with van der Waals surface area (Å²) in [5.41, 5.74) is 5.98. The van der Waals surface area contributed by atoms with Gasteiger partial charge in [0.1, 0.15) is 5.82 Å². The highest BCUT2D eigenvalue weighted by Gasteiger charge is 2.10. The lowest BCUT2D eigenvalue weighted by Gasteiger charge is -2.06. The Morgan fingerprint density at radius 3 is 2.79 bits per heavy atom. The van der Waals surface area contributed by atoms with Crippen LogP contribution in [0.15, 0.2) is 18.2 Å². The van der Waals surface area contributed by atoms with Crippen molar-refractivity contribution in [1.29, 1.82) is 0 Å². The fourth-order valence-corrected chi connectivity index (χ4v) is 1.24. The highest BCUT2D eigenvalue weighted by molar-refractivity contribution is 5.88. The number of carboxylic acid groups (broad SMARTS) is 1. The van der Waals surface area contributed by atoms with Gasteiger partial charge in [0.2, 0.25) is 0 Å². The van der Waals surface area contributed by atoms with Gasteiger partial charge in [0.25, 0.3) is 0 Å². The van der Waals surface area contributed by atoms with E-state index in [1.807, 2.05) is 6.92 Å². The Bertz CT molecular complexity index is 350. The van der Waals surface area contributed by atoms with Gasteiger partial charge < -0.3 is 10.8 Å². The average Bonchev–Trinajstić information content (AvgIpc) is 2.07. The molecule has 4 heteroatoms. The van der Waals surface area contributed by atoms with Gasteiger partial charge in [0, 0.05) is 6.04 Å². The van der Waals surface area contributed by atoms with Crippen LogP contribution in [0.1, 0.15) is 22.8 Å². The number of carboxylic acids is 1. The maximum Gasteiger partial charge on any atom is 0.338 e. The minimum atomic E-state index is -1.26. The molecule has 1 atom stereocenters. The molecule has 0 unspecified atom stereocenters. The quantitative estimate of drug-likeness (QED) is 0.770. The third-order valence-electron chi connectivity index (χ3n) is 1.82. The van der Waals surface area contributed by atoms with Gasteiger partial charge in [-0.25, -0.2) is 9.18 Å². The van der Waals surface area contributed by atoms with Gasteiger partial charge in [-0.15, -0.1) is 0 Å². The summed E-state index contributed by atoms with van der Waals surface area (Å²) in [4.78, 5) is 10.6. The summed E-state index contributed by atoms with van der Waals surface area (Å²) in [6.07, 6.45) is 0.542. The van der Waals surface area contributed by atoms with Crippen LogP contribution in [0.2, 0.25) is 0 Å². The Morgan fingerprint density at radius 2 is 2.29 bits per heavy atom.